The molecule has 0 aromatic heterocycles. The van der Waals surface area contributed by atoms with Crippen molar-refractivity contribution in [2.24, 2.45) is 11.8 Å². The summed E-state index contributed by atoms with van der Waals surface area (Å²) in [4.78, 5) is 37.9. The lowest BCUT2D eigenvalue weighted by molar-refractivity contribution is -0.146. The van der Waals surface area contributed by atoms with Gasteiger partial charge in [-0.3, -0.25) is 9.59 Å². The number of amides is 2. The van der Waals surface area contributed by atoms with E-state index in [0.29, 0.717) is 17.7 Å². The maximum absolute atomic E-state index is 12.7. The Kier molecular flexibility index (Phi) is 6.17. The van der Waals surface area contributed by atoms with Crippen molar-refractivity contribution < 1.29 is 19.1 Å². The highest BCUT2D eigenvalue weighted by Crippen LogP contribution is 2.30. The molecule has 1 aromatic carbocycles. The van der Waals surface area contributed by atoms with E-state index in [9.17, 15) is 14.4 Å². The van der Waals surface area contributed by atoms with Crippen LogP contribution in [0.5, 0.6) is 0 Å². The van der Waals surface area contributed by atoms with Crippen LogP contribution >= 0.6 is 0 Å². The molecule has 0 saturated heterocycles. The van der Waals surface area contributed by atoms with Gasteiger partial charge < -0.3 is 15.0 Å². The molecule has 1 fully saturated rings. The lowest BCUT2D eigenvalue weighted by Crippen LogP contribution is -2.43. The Morgan fingerprint density at radius 1 is 1.20 bits per heavy atom. The monoisotopic (exact) mass is 346 g/mol. The second kappa shape index (κ2) is 8.14. The molecule has 1 aliphatic rings. The fraction of sp³-hybridized carbons (Fsp3) is 0.526. The van der Waals surface area contributed by atoms with Crippen LogP contribution in [0.4, 0.5) is 5.69 Å². The smallest absolute Gasteiger partial charge is 0.328 e. The summed E-state index contributed by atoms with van der Waals surface area (Å²) in [6, 6.07) is 6.11. The quantitative estimate of drug-likeness (QED) is 0.770. The number of carbonyl (C=O) groups excluding carboxylic acids is 3. The van der Waals surface area contributed by atoms with Crippen molar-refractivity contribution in [2.75, 3.05) is 19.5 Å². The Morgan fingerprint density at radius 3 is 2.28 bits per heavy atom. The number of hydrogen-bond acceptors (Lipinski definition) is 4. The average Bonchev–Trinajstić information content (AvgIpc) is 3.43. The highest BCUT2D eigenvalue weighted by molar-refractivity contribution is 5.98. The highest BCUT2D eigenvalue weighted by atomic mass is 16.5. The van der Waals surface area contributed by atoms with Gasteiger partial charge in [-0.1, -0.05) is 13.8 Å². The lowest BCUT2D eigenvalue weighted by atomic mass is 10.0. The van der Waals surface area contributed by atoms with Gasteiger partial charge in [0.2, 0.25) is 5.91 Å². The molecule has 1 N–H and O–H groups in total. The minimum Gasteiger partial charge on any atom is -0.467 e. The molecule has 25 heavy (non-hydrogen) atoms. The van der Waals surface area contributed by atoms with Crippen molar-refractivity contribution >= 4 is 23.5 Å². The summed E-state index contributed by atoms with van der Waals surface area (Å²) in [6.07, 6.45) is 2.42. The Balaban J connectivity index is 2.06. The third kappa shape index (κ3) is 5.05. The van der Waals surface area contributed by atoms with Crippen molar-refractivity contribution in [3.8, 4) is 0 Å². The van der Waals surface area contributed by atoms with Gasteiger partial charge in [-0.25, -0.2) is 4.79 Å². The van der Waals surface area contributed by atoms with Crippen LogP contribution in [-0.4, -0.2) is 42.9 Å². The second-order valence-electron chi connectivity index (χ2n) is 6.93. The summed E-state index contributed by atoms with van der Waals surface area (Å²) < 4.78 is 4.83. The third-order valence-corrected chi connectivity index (χ3v) is 4.30. The van der Waals surface area contributed by atoms with E-state index < -0.39 is 12.0 Å². The number of esters is 1. The number of anilines is 1. The van der Waals surface area contributed by atoms with Gasteiger partial charge >= 0.3 is 5.97 Å². The van der Waals surface area contributed by atoms with Crippen LogP contribution in [0, 0.1) is 11.8 Å². The van der Waals surface area contributed by atoms with Crippen LogP contribution in [0.2, 0.25) is 0 Å². The maximum atomic E-state index is 12.7. The molecule has 1 aromatic rings. The SMILES string of the molecule is COC(=O)[C@H](CC(C)C)N(C)C(=O)c1ccc(NC(=O)C2CC2)cc1. The largest absolute Gasteiger partial charge is 0.467 e. The van der Waals surface area contributed by atoms with E-state index >= 15 is 0 Å². The van der Waals surface area contributed by atoms with Crippen molar-refractivity contribution in [3.05, 3.63) is 29.8 Å². The van der Waals surface area contributed by atoms with Crippen molar-refractivity contribution in [1.29, 1.82) is 0 Å². The Bertz CT molecular complexity index is 635. The van der Waals surface area contributed by atoms with Gasteiger partial charge in [0.25, 0.3) is 5.91 Å². The normalized spacial score (nSPS) is 14.8. The number of nitrogens with one attached hydrogen (secondary N) is 1. The van der Waals surface area contributed by atoms with Gasteiger partial charge in [0, 0.05) is 24.2 Å². The zero-order chi connectivity index (χ0) is 18.6. The van der Waals surface area contributed by atoms with Crippen LogP contribution in [0.25, 0.3) is 0 Å². The van der Waals surface area contributed by atoms with Gasteiger partial charge in [-0.2, -0.15) is 0 Å². The van der Waals surface area contributed by atoms with Crippen molar-refractivity contribution in [2.45, 2.75) is 39.2 Å². The lowest BCUT2D eigenvalue weighted by Gasteiger charge is -2.27. The first-order valence-electron chi connectivity index (χ1n) is 8.59. The summed E-state index contributed by atoms with van der Waals surface area (Å²) >= 11 is 0. The molecule has 0 unspecified atom stereocenters. The molecule has 6 nitrogen and oxygen atoms in total. The fourth-order valence-corrected chi connectivity index (χ4v) is 2.63. The molecular weight excluding hydrogens is 320 g/mol. The molecule has 0 radical (unpaired) electrons. The summed E-state index contributed by atoms with van der Waals surface area (Å²) in [5.41, 5.74) is 1.13. The first-order valence-corrected chi connectivity index (χ1v) is 8.59. The van der Waals surface area contributed by atoms with Gasteiger partial charge in [0.15, 0.2) is 0 Å². The average molecular weight is 346 g/mol. The zero-order valence-corrected chi connectivity index (χ0v) is 15.2. The number of ether oxygens (including phenoxy) is 1. The minimum absolute atomic E-state index is 0.0267. The van der Waals surface area contributed by atoms with E-state index in [1.165, 1.54) is 12.0 Å². The summed E-state index contributed by atoms with van der Waals surface area (Å²) in [7, 11) is 2.93. The molecule has 1 saturated carbocycles. The summed E-state index contributed by atoms with van der Waals surface area (Å²) in [5.74, 6) is -0.267. The minimum atomic E-state index is -0.619. The molecule has 0 spiro atoms. The molecule has 0 heterocycles. The predicted octanol–water partition coefficient (Wildman–Crippen LogP) is 2.69. The Morgan fingerprint density at radius 2 is 1.80 bits per heavy atom. The third-order valence-electron chi connectivity index (χ3n) is 4.30. The number of nitrogens with zero attached hydrogens (tertiary/aromatic N) is 1. The van der Waals surface area contributed by atoms with E-state index in [4.69, 9.17) is 4.74 Å². The fourth-order valence-electron chi connectivity index (χ4n) is 2.63. The highest BCUT2D eigenvalue weighted by Gasteiger charge is 2.30. The predicted molar refractivity (Wildman–Crippen MR) is 95.1 cm³/mol. The van der Waals surface area contributed by atoms with E-state index in [1.807, 2.05) is 13.8 Å². The molecule has 0 bridgehead atoms. The molecule has 2 amide bonds. The Hall–Kier alpha value is -2.37. The van der Waals surface area contributed by atoms with Crippen LogP contribution < -0.4 is 5.32 Å². The number of carbonyl (C=O) groups is 3. The van der Waals surface area contributed by atoms with Gasteiger partial charge in [-0.15, -0.1) is 0 Å². The van der Waals surface area contributed by atoms with Gasteiger partial charge in [-0.05, 0) is 49.4 Å². The van der Waals surface area contributed by atoms with Gasteiger partial charge in [0.05, 0.1) is 7.11 Å². The zero-order valence-electron chi connectivity index (χ0n) is 15.2. The first-order chi connectivity index (χ1) is 11.8. The number of benzene rings is 1. The molecule has 0 aliphatic heterocycles. The summed E-state index contributed by atoms with van der Waals surface area (Å²) in [5, 5.41) is 2.84. The molecule has 1 aliphatic carbocycles. The van der Waals surface area contributed by atoms with E-state index in [2.05, 4.69) is 5.32 Å². The molecular formula is C19H26N2O4. The standard InChI is InChI=1S/C19H26N2O4/c1-12(2)11-16(19(24)25-4)21(3)18(23)14-7-9-15(10-8-14)20-17(22)13-5-6-13/h7-10,12-13,16H,5-6,11H2,1-4H3,(H,20,22)/t16-/m0/s1. The summed E-state index contributed by atoms with van der Waals surface area (Å²) in [6.45, 7) is 3.98. The number of likely N-dealkylation sites (N-methyl/N-ethyl adjacent to an activating group) is 1. The van der Waals surface area contributed by atoms with Crippen molar-refractivity contribution in [1.82, 2.24) is 4.90 Å². The van der Waals surface area contributed by atoms with Crippen LogP contribution in [0.15, 0.2) is 24.3 Å². The number of rotatable bonds is 7. The van der Waals surface area contributed by atoms with Crippen LogP contribution in [-0.2, 0) is 14.3 Å². The maximum Gasteiger partial charge on any atom is 0.328 e. The van der Waals surface area contributed by atoms with E-state index in [1.54, 1.807) is 31.3 Å². The molecule has 136 valence electrons. The number of hydrogen-bond donors (Lipinski definition) is 1. The first kappa shape index (κ1) is 19.0. The van der Waals surface area contributed by atoms with Gasteiger partial charge in [0.1, 0.15) is 6.04 Å². The van der Waals surface area contributed by atoms with Crippen LogP contribution in [0.3, 0.4) is 0 Å². The van der Waals surface area contributed by atoms with E-state index in [0.717, 1.165) is 12.8 Å². The topological polar surface area (TPSA) is 75.7 Å². The molecule has 6 heteroatoms. The van der Waals surface area contributed by atoms with E-state index in [-0.39, 0.29) is 23.7 Å². The second-order valence-corrected chi connectivity index (χ2v) is 6.93. The molecule has 2 rings (SSSR count). The Labute approximate surface area is 148 Å². The van der Waals surface area contributed by atoms with Crippen LogP contribution in [0.1, 0.15) is 43.5 Å². The number of methoxy groups -OCH3 is 1. The van der Waals surface area contributed by atoms with Crippen molar-refractivity contribution in [3.63, 3.8) is 0 Å². The molecule has 1 atom stereocenters.